The Bertz CT molecular complexity index is 1010. The Labute approximate surface area is 139 Å². The summed E-state index contributed by atoms with van der Waals surface area (Å²) in [6.07, 6.45) is 6.93. The Morgan fingerprint density at radius 2 is 2.12 bits per heavy atom. The number of aromatic amines is 1. The van der Waals surface area contributed by atoms with Crippen LogP contribution in [-0.4, -0.2) is 24.5 Å². The zero-order valence-corrected chi connectivity index (χ0v) is 13.4. The van der Waals surface area contributed by atoms with Gasteiger partial charge in [0.05, 0.1) is 24.1 Å². The third-order valence-corrected chi connectivity index (χ3v) is 4.09. The molecular weight excluding hydrogens is 298 g/mol. The molecule has 0 aliphatic heterocycles. The van der Waals surface area contributed by atoms with Crippen LogP contribution in [0.4, 0.5) is 0 Å². The van der Waals surface area contributed by atoms with Crippen molar-refractivity contribution >= 4 is 17.0 Å². The molecule has 1 N–H and O–H groups in total. The first-order chi connectivity index (χ1) is 11.8. The quantitative estimate of drug-likeness (QED) is 0.623. The summed E-state index contributed by atoms with van der Waals surface area (Å²) in [6.45, 7) is 6.47. The van der Waals surface area contributed by atoms with Crippen molar-refractivity contribution < 1.29 is 0 Å². The monoisotopic (exact) mass is 315 g/mol. The fourth-order valence-electron chi connectivity index (χ4n) is 2.98. The number of fused-ring (bicyclic) bond motifs is 1. The summed E-state index contributed by atoms with van der Waals surface area (Å²) in [4.78, 5) is 16.5. The molecular formula is C19H17N5. The van der Waals surface area contributed by atoms with Gasteiger partial charge in [-0.2, -0.15) is 0 Å². The maximum Gasteiger partial charge on any atom is 0.130 e. The molecule has 0 saturated carbocycles. The summed E-state index contributed by atoms with van der Waals surface area (Å²) in [7, 11) is 0. The van der Waals surface area contributed by atoms with Crippen molar-refractivity contribution in [2.45, 2.75) is 13.5 Å². The topological polar surface area (TPSA) is 59.4 Å². The van der Waals surface area contributed by atoms with E-state index < -0.39 is 0 Å². The summed E-state index contributed by atoms with van der Waals surface area (Å²) < 4.78 is 2.23. The minimum atomic E-state index is 0.645. The number of H-pyrrole nitrogens is 1. The van der Waals surface area contributed by atoms with Gasteiger partial charge in [0, 0.05) is 29.0 Å². The first kappa shape index (κ1) is 14.4. The van der Waals surface area contributed by atoms with Gasteiger partial charge in [-0.1, -0.05) is 24.8 Å². The van der Waals surface area contributed by atoms with Crippen molar-refractivity contribution in [3.05, 3.63) is 72.7 Å². The van der Waals surface area contributed by atoms with E-state index in [1.54, 1.807) is 24.7 Å². The van der Waals surface area contributed by atoms with Crippen LogP contribution in [0.1, 0.15) is 17.2 Å². The number of para-hydroxylation sites is 1. The van der Waals surface area contributed by atoms with E-state index in [-0.39, 0.29) is 0 Å². The van der Waals surface area contributed by atoms with Crippen LogP contribution in [0, 0.1) is 6.92 Å². The molecule has 0 fully saturated rings. The molecule has 4 rings (SSSR count). The van der Waals surface area contributed by atoms with Crippen LogP contribution in [0.25, 0.3) is 28.4 Å². The number of hydrogen-bond acceptors (Lipinski definition) is 3. The average Bonchev–Trinajstić information content (AvgIpc) is 3.16. The summed E-state index contributed by atoms with van der Waals surface area (Å²) >= 11 is 0. The van der Waals surface area contributed by atoms with Gasteiger partial charge < -0.3 is 9.55 Å². The number of imidazole rings is 1. The Kier molecular flexibility index (Phi) is 3.46. The Morgan fingerprint density at radius 3 is 2.88 bits per heavy atom. The van der Waals surface area contributed by atoms with Crippen LogP contribution in [0.15, 0.2) is 55.5 Å². The number of benzene rings is 1. The van der Waals surface area contributed by atoms with Crippen molar-refractivity contribution in [3.8, 4) is 11.4 Å². The molecule has 5 nitrogen and oxygen atoms in total. The Balaban J connectivity index is 1.92. The molecule has 4 aromatic rings. The van der Waals surface area contributed by atoms with Crippen molar-refractivity contribution in [1.82, 2.24) is 24.5 Å². The molecule has 5 heteroatoms. The fourth-order valence-corrected chi connectivity index (χ4v) is 2.98. The van der Waals surface area contributed by atoms with Gasteiger partial charge in [0.2, 0.25) is 0 Å². The zero-order chi connectivity index (χ0) is 16.5. The van der Waals surface area contributed by atoms with Crippen molar-refractivity contribution in [3.63, 3.8) is 0 Å². The number of nitrogens with zero attached hydrogens (tertiary/aromatic N) is 4. The van der Waals surface area contributed by atoms with Crippen LogP contribution in [0.3, 0.4) is 0 Å². The molecule has 1 aromatic carbocycles. The number of aromatic nitrogens is 5. The van der Waals surface area contributed by atoms with E-state index in [1.807, 2.05) is 19.1 Å². The first-order valence-corrected chi connectivity index (χ1v) is 7.79. The highest BCUT2D eigenvalue weighted by atomic mass is 15.0. The number of nitrogens with one attached hydrogen (secondary N) is 1. The molecule has 0 saturated heterocycles. The van der Waals surface area contributed by atoms with Gasteiger partial charge in [0.15, 0.2) is 0 Å². The predicted molar refractivity (Wildman–Crippen MR) is 95.5 cm³/mol. The molecule has 0 amide bonds. The van der Waals surface area contributed by atoms with E-state index in [1.165, 1.54) is 5.39 Å². The lowest BCUT2D eigenvalue weighted by atomic mass is 10.2. The molecule has 118 valence electrons. The maximum atomic E-state index is 4.67. The Hall–Kier alpha value is -3.21. The predicted octanol–water partition coefficient (Wildman–Crippen LogP) is 3.82. The van der Waals surface area contributed by atoms with E-state index in [0.29, 0.717) is 6.54 Å². The van der Waals surface area contributed by atoms with Gasteiger partial charge in [-0.15, -0.1) is 0 Å². The zero-order valence-electron chi connectivity index (χ0n) is 13.4. The molecule has 3 aromatic heterocycles. The largest absolute Gasteiger partial charge is 0.342 e. The summed E-state index contributed by atoms with van der Waals surface area (Å²) in [5, 5.41) is 1.18. The van der Waals surface area contributed by atoms with Crippen molar-refractivity contribution in [1.29, 1.82) is 0 Å². The van der Waals surface area contributed by atoms with E-state index in [4.69, 9.17) is 0 Å². The lowest BCUT2D eigenvalue weighted by Crippen LogP contribution is -2.04. The lowest BCUT2D eigenvalue weighted by Gasteiger charge is -2.09. The highest BCUT2D eigenvalue weighted by molar-refractivity contribution is 5.87. The van der Waals surface area contributed by atoms with Crippen LogP contribution in [0.5, 0.6) is 0 Å². The normalized spacial score (nSPS) is 11.0. The molecule has 0 unspecified atom stereocenters. The SMILES string of the molecule is C=Cc1nc(-c2cc3ccccc3n2Cc2cnccn2)c(C)[nH]1. The van der Waals surface area contributed by atoms with Gasteiger partial charge in [-0.05, 0) is 25.1 Å². The molecule has 0 atom stereocenters. The third kappa shape index (κ3) is 2.40. The van der Waals surface area contributed by atoms with Gasteiger partial charge in [0.25, 0.3) is 0 Å². The van der Waals surface area contributed by atoms with Crippen molar-refractivity contribution in [2.24, 2.45) is 0 Å². The van der Waals surface area contributed by atoms with Crippen LogP contribution >= 0.6 is 0 Å². The Morgan fingerprint density at radius 1 is 1.25 bits per heavy atom. The van der Waals surface area contributed by atoms with Crippen molar-refractivity contribution in [2.75, 3.05) is 0 Å². The minimum absolute atomic E-state index is 0.645. The molecule has 0 radical (unpaired) electrons. The lowest BCUT2D eigenvalue weighted by molar-refractivity contribution is 0.804. The molecule has 0 bridgehead atoms. The molecule has 0 spiro atoms. The van der Waals surface area contributed by atoms with Gasteiger partial charge in [-0.25, -0.2) is 4.98 Å². The maximum absolute atomic E-state index is 4.67. The molecule has 0 aliphatic rings. The van der Waals surface area contributed by atoms with Crippen LogP contribution in [0.2, 0.25) is 0 Å². The van der Waals surface area contributed by atoms with Crippen LogP contribution < -0.4 is 0 Å². The second-order valence-corrected chi connectivity index (χ2v) is 5.67. The van der Waals surface area contributed by atoms with Gasteiger partial charge in [0.1, 0.15) is 11.5 Å². The highest BCUT2D eigenvalue weighted by Crippen LogP contribution is 2.30. The summed E-state index contributed by atoms with van der Waals surface area (Å²) in [6, 6.07) is 10.5. The van der Waals surface area contributed by atoms with E-state index >= 15 is 0 Å². The third-order valence-electron chi connectivity index (χ3n) is 4.09. The number of rotatable bonds is 4. The van der Waals surface area contributed by atoms with Gasteiger partial charge >= 0.3 is 0 Å². The highest BCUT2D eigenvalue weighted by Gasteiger charge is 2.16. The number of hydrogen-bond donors (Lipinski definition) is 1. The number of aryl methyl sites for hydroxylation is 1. The average molecular weight is 315 g/mol. The second kappa shape index (κ2) is 5.77. The fraction of sp³-hybridized carbons (Fsp3) is 0.105. The minimum Gasteiger partial charge on any atom is -0.342 e. The molecule has 24 heavy (non-hydrogen) atoms. The molecule has 3 heterocycles. The molecule has 0 aliphatic carbocycles. The summed E-state index contributed by atoms with van der Waals surface area (Å²) in [5.74, 6) is 0.777. The van der Waals surface area contributed by atoms with Crippen LogP contribution in [-0.2, 0) is 6.54 Å². The first-order valence-electron chi connectivity index (χ1n) is 7.79. The van der Waals surface area contributed by atoms with E-state index in [2.05, 4.69) is 49.3 Å². The van der Waals surface area contributed by atoms with E-state index in [9.17, 15) is 0 Å². The summed E-state index contributed by atoms with van der Waals surface area (Å²) in [5.41, 5.74) is 5.08. The smallest absolute Gasteiger partial charge is 0.130 e. The van der Waals surface area contributed by atoms with Gasteiger partial charge in [-0.3, -0.25) is 9.97 Å². The van der Waals surface area contributed by atoms with E-state index in [0.717, 1.165) is 34.1 Å². The standard InChI is InChI=1S/C19H17N5/c1-3-18-22-13(2)19(23-18)17-10-14-6-4-5-7-16(14)24(17)12-15-11-20-8-9-21-15/h3-11H,1,12H2,2H3,(H,22,23). The second-order valence-electron chi connectivity index (χ2n) is 5.67.